The Labute approximate surface area is 115 Å². The van der Waals surface area contributed by atoms with Gasteiger partial charge in [0.25, 0.3) is 0 Å². The van der Waals surface area contributed by atoms with Gasteiger partial charge in [0.2, 0.25) is 0 Å². The maximum atomic E-state index is 4.53. The second-order valence-corrected chi connectivity index (χ2v) is 5.46. The molecule has 0 radical (unpaired) electrons. The highest BCUT2D eigenvalue weighted by molar-refractivity contribution is 5.23. The predicted octanol–water partition coefficient (Wildman–Crippen LogP) is 3.14. The standard InChI is InChI=1S/C16H23N3/c1-12(2)16-15(11-19(4)18-16)10-17-9-14-7-5-6-13(3)8-14/h5-8,11-12,17H,9-10H2,1-4H3. The van der Waals surface area contributed by atoms with Gasteiger partial charge in [-0.1, -0.05) is 43.7 Å². The average molecular weight is 257 g/mol. The summed E-state index contributed by atoms with van der Waals surface area (Å²) in [6.45, 7) is 8.27. The van der Waals surface area contributed by atoms with Crippen LogP contribution in [0.15, 0.2) is 30.5 Å². The van der Waals surface area contributed by atoms with Crippen molar-refractivity contribution in [2.45, 2.75) is 39.8 Å². The molecule has 0 unspecified atom stereocenters. The Morgan fingerprint density at radius 3 is 2.74 bits per heavy atom. The minimum atomic E-state index is 0.469. The molecule has 1 heterocycles. The fourth-order valence-corrected chi connectivity index (χ4v) is 2.34. The van der Waals surface area contributed by atoms with E-state index in [4.69, 9.17) is 0 Å². The van der Waals surface area contributed by atoms with Crippen LogP contribution in [-0.4, -0.2) is 9.78 Å². The van der Waals surface area contributed by atoms with Gasteiger partial charge in [-0.2, -0.15) is 5.10 Å². The van der Waals surface area contributed by atoms with Crippen LogP contribution in [0.1, 0.15) is 42.1 Å². The Bertz CT molecular complexity index is 541. The Morgan fingerprint density at radius 1 is 1.26 bits per heavy atom. The third kappa shape index (κ3) is 3.67. The first-order valence-corrected chi connectivity index (χ1v) is 6.85. The van der Waals surface area contributed by atoms with Crippen molar-refractivity contribution < 1.29 is 0 Å². The summed E-state index contributed by atoms with van der Waals surface area (Å²) in [6.07, 6.45) is 2.11. The smallest absolute Gasteiger partial charge is 0.0694 e. The number of hydrogen-bond donors (Lipinski definition) is 1. The van der Waals surface area contributed by atoms with Crippen molar-refractivity contribution in [3.05, 3.63) is 52.8 Å². The molecule has 0 atom stereocenters. The molecule has 0 spiro atoms. The molecule has 0 aliphatic carbocycles. The maximum Gasteiger partial charge on any atom is 0.0694 e. The highest BCUT2D eigenvalue weighted by Gasteiger charge is 2.10. The van der Waals surface area contributed by atoms with Gasteiger partial charge in [0.15, 0.2) is 0 Å². The number of rotatable bonds is 5. The summed E-state index contributed by atoms with van der Waals surface area (Å²) in [5.74, 6) is 0.469. The number of aryl methyl sites for hydroxylation is 2. The van der Waals surface area contributed by atoms with E-state index in [1.807, 2.05) is 11.7 Å². The van der Waals surface area contributed by atoms with Gasteiger partial charge in [-0.25, -0.2) is 0 Å². The third-order valence-corrected chi connectivity index (χ3v) is 3.21. The van der Waals surface area contributed by atoms with Gasteiger partial charge in [0.05, 0.1) is 5.69 Å². The van der Waals surface area contributed by atoms with Crippen LogP contribution >= 0.6 is 0 Å². The molecular formula is C16H23N3. The predicted molar refractivity (Wildman–Crippen MR) is 79.0 cm³/mol. The molecule has 0 aliphatic heterocycles. The van der Waals surface area contributed by atoms with E-state index in [1.165, 1.54) is 22.4 Å². The Morgan fingerprint density at radius 2 is 2.05 bits per heavy atom. The number of nitrogens with one attached hydrogen (secondary N) is 1. The molecule has 3 nitrogen and oxygen atoms in total. The van der Waals surface area contributed by atoms with Crippen LogP contribution in [0.2, 0.25) is 0 Å². The monoisotopic (exact) mass is 257 g/mol. The van der Waals surface area contributed by atoms with Crippen LogP contribution in [0.3, 0.4) is 0 Å². The van der Waals surface area contributed by atoms with Crippen LogP contribution in [0.25, 0.3) is 0 Å². The summed E-state index contributed by atoms with van der Waals surface area (Å²) in [5, 5.41) is 8.03. The molecule has 0 bridgehead atoms. The second kappa shape index (κ2) is 6.02. The van der Waals surface area contributed by atoms with Crippen molar-refractivity contribution in [3.63, 3.8) is 0 Å². The molecule has 1 aromatic carbocycles. The summed E-state index contributed by atoms with van der Waals surface area (Å²) in [6, 6.07) is 8.61. The van der Waals surface area contributed by atoms with Crippen molar-refractivity contribution in [2.24, 2.45) is 7.05 Å². The lowest BCUT2D eigenvalue weighted by Gasteiger charge is -2.07. The quantitative estimate of drug-likeness (QED) is 0.891. The molecule has 0 amide bonds. The Hall–Kier alpha value is -1.61. The fourth-order valence-electron chi connectivity index (χ4n) is 2.34. The van der Waals surface area contributed by atoms with Crippen LogP contribution in [-0.2, 0) is 20.1 Å². The highest BCUT2D eigenvalue weighted by Crippen LogP contribution is 2.17. The lowest BCUT2D eigenvalue weighted by molar-refractivity contribution is 0.677. The topological polar surface area (TPSA) is 29.9 Å². The zero-order valence-corrected chi connectivity index (χ0v) is 12.3. The number of hydrogen-bond acceptors (Lipinski definition) is 2. The van der Waals surface area contributed by atoms with E-state index < -0.39 is 0 Å². The van der Waals surface area contributed by atoms with Gasteiger partial charge in [0.1, 0.15) is 0 Å². The van der Waals surface area contributed by atoms with Crippen LogP contribution in [0, 0.1) is 6.92 Å². The molecule has 102 valence electrons. The normalized spacial score (nSPS) is 11.2. The van der Waals surface area contributed by atoms with Crippen molar-refractivity contribution >= 4 is 0 Å². The van der Waals surface area contributed by atoms with E-state index >= 15 is 0 Å². The first kappa shape index (κ1) is 13.8. The van der Waals surface area contributed by atoms with E-state index in [2.05, 4.69) is 61.6 Å². The van der Waals surface area contributed by atoms with Gasteiger partial charge in [-0.15, -0.1) is 0 Å². The largest absolute Gasteiger partial charge is 0.308 e. The second-order valence-electron chi connectivity index (χ2n) is 5.46. The summed E-state index contributed by atoms with van der Waals surface area (Å²) in [5.41, 5.74) is 5.13. The molecule has 1 aromatic heterocycles. The zero-order valence-electron chi connectivity index (χ0n) is 12.3. The summed E-state index contributed by atoms with van der Waals surface area (Å²) >= 11 is 0. The minimum absolute atomic E-state index is 0.469. The molecule has 3 heteroatoms. The van der Waals surface area contributed by atoms with E-state index in [-0.39, 0.29) is 0 Å². The van der Waals surface area contributed by atoms with E-state index in [1.54, 1.807) is 0 Å². The Kier molecular flexibility index (Phi) is 4.38. The van der Waals surface area contributed by atoms with Gasteiger partial charge >= 0.3 is 0 Å². The summed E-state index contributed by atoms with van der Waals surface area (Å²) in [4.78, 5) is 0. The average Bonchev–Trinajstić information content (AvgIpc) is 2.71. The first-order chi connectivity index (χ1) is 9.06. The van der Waals surface area contributed by atoms with E-state index in [9.17, 15) is 0 Å². The summed E-state index contributed by atoms with van der Waals surface area (Å²) in [7, 11) is 1.98. The van der Waals surface area contributed by atoms with Gasteiger partial charge in [-0.3, -0.25) is 4.68 Å². The van der Waals surface area contributed by atoms with Crippen molar-refractivity contribution in [2.75, 3.05) is 0 Å². The maximum absolute atomic E-state index is 4.53. The lowest BCUT2D eigenvalue weighted by atomic mass is 10.1. The van der Waals surface area contributed by atoms with Gasteiger partial charge in [0, 0.05) is 31.9 Å². The number of aromatic nitrogens is 2. The highest BCUT2D eigenvalue weighted by atomic mass is 15.3. The van der Waals surface area contributed by atoms with Crippen LogP contribution in [0.5, 0.6) is 0 Å². The molecule has 1 N–H and O–H groups in total. The number of benzene rings is 1. The zero-order chi connectivity index (χ0) is 13.8. The van der Waals surface area contributed by atoms with Crippen molar-refractivity contribution in [3.8, 4) is 0 Å². The molecule has 2 aromatic rings. The SMILES string of the molecule is Cc1cccc(CNCc2cn(C)nc2C(C)C)c1. The molecule has 0 saturated carbocycles. The fraction of sp³-hybridized carbons (Fsp3) is 0.438. The Balaban J connectivity index is 1.96. The summed E-state index contributed by atoms with van der Waals surface area (Å²) < 4.78 is 1.90. The van der Waals surface area contributed by atoms with Crippen molar-refractivity contribution in [1.29, 1.82) is 0 Å². The lowest BCUT2D eigenvalue weighted by Crippen LogP contribution is -2.13. The molecule has 19 heavy (non-hydrogen) atoms. The van der Waals surface area contributed by atoms with Crippen molar-refractivity contribution in [1.82, 2.24) is 15.1 Å². The van der Waals surface area contributed by atoms with E-state index in [0.29, 0.717) is 5.92 Å². The molecular weight excluding hydrogens is 234 g/mol. The number of nitrogens with zero attached hydrogens (tertiary/aromatic N) is 2. The molecule has 0 aliphatic rings. The molecule has 2 rings (SSSR count). The molecule has 0 fully saturated rings. The first-order valence-electron chi connectivity index (χ1n) is 6.85. The molecule has 0 saturated heterocycles. The van der Waals surface area contributed by atoms with Crippen LogP contribution < -0.4 is 5.32 Å². The van der Waals surface area contributed by atoms with Gasteiger partial charge < -0.3 is 5.32 Å². The van der Waals surface area contributed by atoms with Gasteiger partial charge in [-0.05, 0) is 18.4 Å². The van der Waals surface area contributed by atoms with Crippen LogP contribution in [0.4, 0.5) is 0 Å². The third-order valence-electron chi connectivity index (χ3n) is 3.21. The van der Waals surface area contributed by atoms with E-state index in [0.717, 1.165) is 13.1 Å². The minimum Gasteiger partial charge on any atom is -0.308 e.